The molecule has 2 heteroatoms. The molecule has 0 aliphatic carbocycles. The second-order valence-electron chi connectivity index (χ2n) is 5.91. The minimum atomic E-state index is -1.69. The van der Waals surface area contributed by atoms with Gasteiger partial charge < -0.3 is 0 Å². The maximum atomic E-state index is 2.37. The first-order valence-corrected chi connectivity index (χ1v) is 16.3. The van der Waals surface area contributed by atoms with Gasteiger partial charge in [-0.1, -0.05) is 0 Å². The van der Waals surface area contributed by atoms with E-state index >= 15 is 0 Å². The van der Waals surface area contributed by atoms with Gasteiger partial charge in [0.05, 0.1) is 0 Å². The van der Waals surface area contributed by atoms with Gasteiger partial charge in [0.25, 0.3) is 0 Å². The molecule has 0 saturated heterocycles. The Bertz CT molecular complexity index is 121. The van der Waals surface area contributed by atoms with Crippen molar-refractivity contribution >= 4 is 36.1 Å². The van der Waals surface area contributed by atoms with Crippen LogP contribution in [0.15, 0.2) is 0 Å². The molecule has 98 valence electrons. The molecule has 0 amide bonds. The van der Waals surface area contributed by atoms with Crippen molar-refractivity contribution in [2.24, 2.45) is 0 Å². The topological polar surface area (TPSA) is 0 Å². The molecule has 0 heterocycles. The zero-order chi connectivity index (χ0) is 13.0. The third-order valence-electron chi connectivity index (χ3n) is 4.24. The summed E-state index contributed by atoms with van der Waals surface area (Å²) in [5.41, 5.74) is 0. The Labute approximate surface area is 124 Å². The third kappa shape index (κ3) is 9.01. The fourth-order valence-electron chi connectivity index (χ4n) is 2.96. The predicted octanol–water partition coefficient (Wildman–Crippen LogP) is 5.81. The molecule has 0 N–H and O–H groups in total. The van der Waals surface area contributed by atoms with Crippen LogP contribution in [0.1, 0.15) is 65.7 Å². The van der Waals surface area contributed by atoms with Crippen LogP contribution in [0.5, 0.6) is 0 Å². The van der Waals surface area contributed by atoms with Crippen LogP contribution in [-0.4, -0.2) is 36.1 Å². The van der Waals surface area contributed by atoms with Crippen LogP contribution >= 0.6 is 0 Å². The van der Waals surface area contributed by atoms with Gasteiger partial charge in [0.15, 0.2) is 0 Å². The van der Waals surface area contributed by atoms with Crippen molar-refractivity contribution < 1.29 is 0 Å². The Kier molecular flexibility index (Phi) is 13.5. The molecule has 0 nitrogen and oxygen atoms in total. The van der Waals surface area contributed by atoms with E-state index in [1.807, 2.05) is 0 Å². The summed E-state index contributed by atoms with van der Waals surface area (Å²) in [7, 11) is 0. The molecule has 0 aliphatic rings. The number of hydrogen-bond acceptors (Lipinski definition) is 0. The van der Waals surface area contributed by atoms with Crippen LogP contribution in [0.25, 0.3) is 0 Å². The van der Waals surface area contributed by atoms with E-state index in [1.54, 1.807) is 17.7 Å². The molecular formula is C15H33LiSn. The maximum absolute atomic E-state index is 2.37. The van der Waals surface area contributed by atoms with E-state index in [2.05, 4.69) is 38.5 Å². The van der Waals surface area contributed by atoms with E-state index in [9.17, 15) is 0 Å². The Hall–Kier alpha value is 1.40. The van der Waals surface area contributed by atoms with Gasteiger partial charge in [-0.05, 0) is 0 Å². The molecule has 0 aromatic rings. The zero-order valence-corrected chi connectivity index (χ0v) is 15.8. The van der Waals surface area contributed by atoms with Gasteiger partial charge in [-0.2, -0.15) is 0 Å². The predicted molar refractivity (Wildman–Crippen MR) is 84.9 cm³/mol. The summed E-state index contributed by atoms with van der Waals surface area (Å²) in [6, 6.07) is 0. The third-order valence-corrected chi connectivity index (χ3v) is 20.4. The molecule has 17 heavy (non-hydrogen) atoms. The number of unbranched alkanes of at least 4 members (excludes halogenated alkanes) is 3. The first kappa shape index (κ1) is 18.4. The van der Waals surface area contributed by atoms with E-state index in [-0.39, 0.29) is 0 Å². The summed E-state index contributed by atoms with van der Waals surface area (Å²) in [5, 5.41) is 1.42. The van der Waals surface area contributed by atoms with Gasteiger partial charge in [-0.3, -0.25) is 0 Å². The quantitative estimate of drug-likeness (QED) is 0.394. The van der Waals surface area contributed by atoms with Gasteiger partial charge in [0, 0.05) is 0 Å². The summed E-state index contributed by atoms with van der Waals surface area (Å²) in [5.74, 6) is 0. The normalized spacial score (nSPS) is 12.1. The molecule has 0 atom stereocenters. The molecule has 0 fully saturated rings. The van der Waals surface area contributed by atoms with Gasteiger partial charge in [0.1, 0.15) is 0 Å². The second-order valence-corrected chi connectivity index (χ2v) is 20.2. The Morgan fingerprint density at radius 3 is 1.29 bits per heavy atom. The molecule has 0 aromatic heterocycles. The molecule has 0 radical (unpaired) electrons. The summed E-state index contributed by atoms with van der Waals surface area (Å²) >= 11 is 0.680. The van der Waals surface area contributed by atoms with Crippen molar-refractivity contribution in [1.29, 1.82) is 0 Å². The fourth-order valence-corrected chi connectivity index (χ4v) is 19.8. The Morgan fingerprint density at radius 1 is 0.647 bits per heavy atom. The van der Waals surface area contributed by atoms with E-state index in [1.165, 1.54) is 50.0 Å². The Balaban J connectivity index is 4.39. The van der Waals surface area contributed by atoms with Crippen molar-refractivity contribution in [2.75, 3.05) is 0 Å². The van der Waals surface area contributed by atoms with Crippen LogP contribution in [0, 0.1) is 0 Å². The van der Waals surface area contributed by atoms with E-state index < -0.39 is 18.4 Å². The molecular weight excluding hydrogens is 306 g/mol. The van der Waals surface area contributed by atoms with E-state index in [0.717, 1.165) is 0 Å². The van der Waals surface area contributed by atoms with Crippen molar-refractivity contribution in [3.05, 3.63) is 0 Å². The average molecular weight is 339 g/mol. The van der Waals surface area contributed by atoms with Crippen LogP contribution in [0.4, 0.5) is 0 Å². The first-order valence-electron chi connectivity index (χ1n) is 8.24. The van der Waals surface area contributed by atoms with Crippen molar-refractivity contribution in [3.8, 4) is 0 Å². The van der Waals surface area contributed by atoms with E-state index in [4.69, 9.17) is 0 Å². The molecule has 0 bridgehead atoms. The van der Waals surface area contributed by atoms with Crippen molar-refractivity contribution in [2.45, 2.75) is 88.6 Å². The number of rotatable bonds is 12. The average Bonchev–Trinajstić information content (AvgIpc) is 2.37. The van der Waals surface area contributed by atoms with Crippen molar-refractivity contribution in [1.82, 2.24) is 0 Å². The van der Waals surface area contributed by atoms with Gasteiger partial charge in [0.2, 0.25) is 0 Å². The summed E-state index contributed by atoms with van der Waals surface area (Å²) in [6.45, 7) is 7.11. The van der Waals surface area contributed by atoms with Gasteiger partial charge >= 0.3 is 125 Å². The minimum absolute atomic E-state index is 1.42. The second kappa shape index (κ2) is 12.4. The van der Waals surface area contributed by atoms with Crippen LogP contribution in [0.2, 0.25) is 22.8 Å². The van der Waals surface area contributed by atoms with Crippen molar-refractivity contribution in [3.63, 3.8) is 0 Å². The van der Waals surface area contributed by atoms with Crippen LogP contribution in [-0.2, 0) is 0 Å². The first-order chi connectivity index (χ1) is 8.24. The molecule has 0 aliphatic heterocycles. The summed E-state index contributed by atoms with van der Waals surface area (Å²) < 4.78 is 6.80. The molecule has 0 spiro atoms. The van der Waals surface area contributed by atoms with E-state index in [0.29, 0.717) is 0 Å². The SMILES string of the molecule is [Li][CH2]C[CH2][Sn]([CH2]CCC)([CH2]CCC)[CH2]CCC. The summed E-state index contributed by atoms with van der Waals surface area (Å²) in [6.07, 6.45) is 10.4. The zero-order valence-electron chi connectivity index (χ0n) is 13.0. The van der Waals surface area contributed by atoms with Gasteiger partial charge in [-0.15, -0.1) is 0 Å². The molecule has 0 unspecified atom stereocenters. The number of hydrogen-bond donors (Lipinski definition) is 0. The fraction of sp³-hybridized carbons (Fsp3) is 1.00. The van der Waals surface area contributed by atoms with Crippen LogP contribution < -0.4 is 0 Å². The molecule has 0 rings (SSSR count). The molecule has 0 aromatic carbocycles. The van der Waals surface area contributed by atoms with Gasteiger partial charge in [-0.25, -0.2) is 0 Å². The standard InChI is InChI=1S/3C4H9.C3H6.Li.Sn/c3*1-3-4-2;1-3-2;;/h3*1,3-4H2,2H3;1-3H2;;. The molecule has 0 saturated carbocycles. The monoisotopic (exact) mass is 340 g/mol. The van der Waals surface area contributed by atoms with Crippen LogP contribution in [0.3, 0.4) is 0 Å². The summed E-state index contributed by atoms with van der Waals surface area (Å²) in [4.78, 5) is 0. The Morgan fingerprint density at radius 2 is 1.00 bits per heavy atom.